The van der Waals surface area contributed by atoms with Gasteiger partial charge < -0.3 is 10.2 Å². The van der Waals surface area contributed by atoms with Gasteiger partial charge in [0.15, 0.2) is 0 Å². The molecule has 2 aromatic carbocycles. The lowest BCUT2D eigenvalue weighted by Gasteiger charge is -2.28. The van der Waals surface area contributed by atoms with Gasteiger partial charge in [0.1, 0.15) is 0 Å². The van der Waals surface area contributed by atoms with Crippen LogP contribution in [0.5, 0.6) is 0 Å². The molecule has 138 valence electrons. The molecule has 2 amide bonds. The van der Waals surface area contributed by atoms with E-state index in [9.17, 15) is 19.7 Å². The van der Waals surface area contributed by atoms with Crippen molar-refractivity contribution >= 4 is 35.0 Å². The average Bonchev–Trinajstić information content (AvgIpc) is 2.66. The van der Waals surface area contributed by atoms with Crippen LogP contribution >= 0.6 is 0 Å². The van der Waals surface area contributed by atoms with Crippen LogP contribution in [-0.2, 0) is 16.0 Å². The van der Waals surface area contributed by atoms with E-state index in [-0.39, 0.29) is 17.5 Å². The van der Waals surface area contributed by atoms with Crippen molar-refractivity contribution in [1.29, 1.82) is 0 Å². The summed E-state index contributed by atoms with van der Waals surface area (Å²) in [5.74, 6) is -0.180. The van der Waals surface area contributed by atoms with Crippen LogP contribution in [0.4, 0.5) is 17.1 Å². The van der Waals surface area contributed by atoms with E-state index in [0.29, 0.717) is 30.6 Å². The van der Waals surface area contributed by atoms with Crippen LogP contribution in [0.1, 0.15) is 24.5 Å². The van der Waals surface area contributed by atoms with Crippen molar-refractivity contribution in [3.63, 3.8) is 0 Å². The summed E-state index contributed by atoms with van der Waals surface area (Å²) in [6.45, 7) is 2.56. The molecule has 0 saturated heterocycles. The molecule has 1 aliphatic heterocycles. The third kappa shape index (κ3) is 4.20. The van der Waals surface area contributed by atoms with Gasteiger partial charge >= 0.3 is 0 Å². The number of hydrogen-bond donors (Lipinski definition) is 1. The topological polar surface area (TPSA) is 92.6 Å². The lowest BCUT2D eigenvalue weighted by atomic mass is 10.0. The van der Waals surface area contributed by atoms with E-state index in [4.69, 9.17) is 0 Å². The number of carbonyl (C=O) groups is 2. The quantitative estimate of drug-likeness (QED) is 0.498. The van der Waals surface area contributed by atoms with Crippen molar-refractivity contribution in [2.24, 2.45) is 0 Å². The molecule has 3 rings (SSSR count). The third-order valence-corrected chi connectivity index (χ3v) is 4.39. The third-order valence-electron chi connectivity index (χ3n) is 4.39. The van der Waals surface area contributed by atoms with E-state index < -0.39 is 4.92 Å². The summed E-state index contributed by atoms with van der Waals surface area (Å²) in [5.41, 5.74) is 3.29. The summed E-state index contributed by atoms with van der Waals surface area (Å²) in [6.07, 6.45) is 4.10. The number of non-ortho nitro benzene ring substituents is 1. The van der Waals surface area contributed by atoms with E-state index in [1.54, 1.807) is 29.2 Å². The number of nitro groups is 1. The molecular formula is C20H19N3O4. The Morgan fingerprint density at radius 2 is 1.96 bits per heavy atom. The minimum atomic E-state index is -0.469. The molecular weight excluding hydrogens is 346 g/mol. The van der Waals surface area contributed by atoms with E-state index in [1.807, 2.05) is 19.1 Å². The van der Waals surface area contributed by atoms with Gasteiger partial charge in [-0.1, -0.05) is 0 Å². The molecule has 0 radical (unpaired) electrons. The fourth-order valence-electron chi connectivity index (χ4n) is 3.05. The van der Waals surface area contributed by atoms with Crippen molar-refractivity contribution in [2.75, 3.05) is 16.8 Å². The first-order valence-corrected chi connectivity index (χ1v) is 8.64. The van der Waals surface area contributed by atoms with Gasteiger partial charge in [-0.3, -0.25) is 19.7 Å². The first-order valence-electron chi connectivity index (χ1n) is 8.64. The first kappa shape index (κ1) is 18.3. The van der Waals surface area contributed by atoms with Crippen LogP contribution in [-0.4, -0.2) is 23.3 Å². The predicted molar refractivity (Wildman–Crippen MR) is 104 cm³/mol. The van der Waals surface area contributed by atoms with Gasteiger partial charge in [-0.05, 0) is 60.9 Å². The number of hydrogen-bond acceptors (Lipinski definition) is 4. The lowest BCUT2D eigenvalue weighted by molar-refractivity contribution is -0.384. The molecule has 0 aliphatic carbocycles. The van der Waals surface area contributed by atoms with Gasteiger partial charge in [0.05, 0.1) is 4.92 Å². The highest BCUT2D eigenvalue weighted by atomic mass is 16.6. The van der Waals surface area contributed by atoms with Gasteiger partial charge in [0, 0.05) is 42.5 Å². The molecule has 0 atom stereocenters. The molecule has 27 heavy (non-hydrogen) atoms. The second kappa shape index (κ2) is 7.82. The Kier molecular flexibility index (Phi) is 5.30. The number of benzene rings is 2. The van der Waals surface area contributed by atoms with E-state index in [2.05, 4.69) is 5.32 Å². The van der Waals surface area contributed by atoms with Crippen LogP contribution in [0.15, 0.2) is 48.5 Å². The van der Waals surface area contributed by atoms with Gasteiger partial charge in [0.2, 0.25) is 11.8 Å². The molecule has 7 nitrogen and oxygen atoms in total. The van der Waals surface area contributed by atoms with E-state index in [1.165, 1.54) is 18.2 Å². The van der Waals surface area contributed by atoms with Gasteiger partial charge in [-0.25, -0.2) is 0 Å². The Morgan fingerprint density at radius 3 is 2.63 bits per heavy atom. The second-order valence-corrected chi connectivity index (χ2v) is 6.15. The maximum atomic E-state index is 12.1. The summed E-state index contributed by atoms with van der Waals surface area (Å²) in [6, 6.07) is 11.5. The molecule has 1 aliphatic rings. The van der Waals surface area contributed by atoms with Gasteiger partial charge in [-0.15, -0.1) is 0 Å². The zero-order valence-corrected chi connectivity index (χ0v) is 14.8. The number of nitrogens with zero attached hydrogens (tertiary/aromatic N) is 2. The fourth-order valence-corrected chi connectivity index (χ4v) is 3.05. The highest BCUT2D eigenvalue weighted by Crippen LogP contribution is 2.30. The Hall–Kier alpha value is -3.48. The fraction of sp³-hybridized carbons (Fsp3) is 0.200. The minimum Gasteiger partial charge on any atom is -0.323 e. The molecule has 0 aromatic heterocycles. The molecule has 0 unspecified atom stereocenters. The van der Waals surface area contributed by atoms with Gasteiger partial charge in [0.25, 0.3) is 5.69 Å². The molecule has 0 saturated carbocycles. The molecule has 2 aromatic rings. The molecule has 0 spiro atoms. The highest BCUT2D eigenvalue weighted by Gasteiger charge is 2.22. The summed E-state index contributed by atoms with van der Waals surface area (Å²) in [7, 11) is 0. The van der Waals surface area contributed by atoms with E-state index >= 15 is 0 Å². The van der Waals surface area contributed by atoms with Gasteiger partial charge in [-0.2, -0.15) is 0 Å². The summed E-state index contributed by atoms with van der Waals surface area (Å²) in [4.78, 5) is 36.0. The zero-order valence-electron chi connectivity index (χ0n) is 14.8. The molecule has 1 N–H and O–H groups in total. The Balaban J connectivity index is 1.67. The smallest absolute Gasteiger partial charge is 0.269 e. The number of fused-ring (bicyclic) bond motifs is 1. The van der Waals surface area contributed by atoms with Crippen molar-refractivity contribution in [2.45, 2.75) is 19.8 Å². The zero-order chi connectivity index (χ0) is 19.4. The average molecular weight is 365 g/mol. The number of aryl methyl sites for hydroxylation is 1. The molecule has 0 bridgehead atoms. The Bertz CT molecular complexity index is 919. The normalized spacial score (nSPS) is 13.5. The summed E-state index contributed by atoms with van der Waals surface area (Å²) < 4.78 is 0. The van der Waals surface area contributed by atoms with E-state index in [0.717, 1.165) is 11.3 Å². The summed E-state index contributed by atoms with van der Waals surface area (Å²) >= 11 is 0. The minimum absolute atomic E-state index is 0.00488. The lowest BCUT2D eigenvalue weighted by Crippen LogP contribution is -2.34. The number of amides is 2. The molecule has 1 heterocycles. The first-order chi connectivity index (χ1) is 13.0. The number of nitrogens with one attached hydrogen (secondary N) is 1. The van der Waals surface area contributed by atoms with Crippen molar-refractivity contribution < 1.29 is 14.5 Å². The SMILES string of the molecule is CCN1C(=O)CCc2cc(NC(=O)/C=C/c3ccc([N+](=O)[O-])cc3)ccc21. The highest BCUT2D eigenvalue weighted by molar-refractivity contribution is 6.02. The maximum Gasteiger partial charge on any atom is 0.269 e. The van der Waals surface area contributed by atoms with Crippen LogP contribution < -0.4 is 10.2 Å². The summed E-state index contributed by atoms with van der Waals surface area (Å²) in [5, 5.41) is 13.4. The standard InChI is InChI=1S/C20H19N3O4/c1-2-22-18-10-7-16(13-15(18)6-12-20(22)25)21-19(24)11-5-14-3-8-17(9-4-14)23(26)27/h3-5,7-11,13H,2,6,12H2,1H3,(H,21,24)/b11-5+. The Morgan fingerprint density at radius 1 is 1.22 bits per heavy atom. The van der Waals surface area contributed by atoms with Crippen molar-refractivity contribution in [1.82, 2.24) is 0 Å². The van der Waals surface area contributed by atoms with Crippen LogP contribution in [0, 0.1) is 10.1 Å². The van der Waals surface area contributed by atoms with Crippen molar-refractivity contribution in [3.05, 3.63) is 69.8 Å². The maximum absolute atomic E-state index is 12.1. The van der Waals surface area contributed by atoms with Crippen LogP contribution in [0.2, 0.25) is 0 Å². The Labute approximate surface area is 156 Å². The van der Waals surface area contributed by atoms with Crippen LogP contribution in [0.3, 0.4) is 0 Å². The molecule has 0 fully saturated rings. The second-order valence-electron chi connectivity index (χ2n) is 6.15. The monoisotopic (exact) mass is 365 g/mol. The van der Waals surface area contributed by atoms with Crippen LogP contribution in [0.25, 0.3) is 6.08 Å². The predicted octanol–water partition coefficient (Wildman–Crippen LogP) is 3.55. The number of nitro benzene ring substituents is 1. The number of anilines is 2. The van der Waals surface area contributed by atoms with Crippen molar-refractivity contribution in [3.8, 4) is 0 Å². The number of rotatable bonds is 5. The largest absolute Gasteiger partial charge is 0.323 e. The molecule has 7 heteroatoms. The number of carbonyl (C=O) groups excluding carboxylic acids is 2.